The van der Waals surface area contributed by atoms with Crippen molar-refractivity contribution in [1.82, 2.24) is 0 Å². The molecule has 5 nitrogen and oxygen atoms in total. The predicted octanol–water partition coefficient (Wildman–Crippen LogP) is 4.38. The molecule has 0 spiro atoms. The van der Waals surface area contributed by atoms with Crippen molar-refractivity contribution < 1.29 is 26.4 Å². The van der Waals surface area contributed by atoms with E-state index in [0.29, 0.717) is 16.1 Å². The number of alkyl halides is 3. The lowest BCUT2D eigenvalue weighted by Gasteiger charge is -2.24. The van der Waals surface area contributed by atoms with Crippen molar-refractivity contribution >= 4 is 38.9 Å². The van der Waals surface area contributed by atoms with Crippen molar-refractivity contribution in [2.45, 2.75) is 20.0 Å². The smallest absolute Gasteiger partial charge is 0.324 e. The molecule has 2 aromatic rings. The maximum absolute atomic E-state index is 13.0. The molecule has 28 heavy (non-hydrogen) atoms. The molecule has 0 aliphatic heterocycles. The van der Waals surface area contributed by atoms with E-state index in [1.807, 2.05) is 0 Å². The Balaban J connectivity index is 2.40. The summed E-state index contributed by atoms with van der Waals surface area (Å²) in [6.45, 7) is 2.80. The van der Waals surface area contributed by atoms with Crippen molar-refractivity contribution in [2.24, 2.45) is 0 Å². The van der Waals surface area contributed by atoms with Gasteiger partial charge in [0, 0.05) is 5.69 Å². The number of carbonyl (C=O) groups excluding carboxylic acids is 1. The second kappa shape index (κ2) is 8.00. The SMILES string of the molecule is Cc1cccc(C)c1NC(=O)CN(c1cc(C(F)(F)F)ccc1Cl)S(C)(=O)=O. The zero-order chi connectivity index (χ0) is 21.3. The van der Waals surface area contributed by atoms with Crippen LogP contribution in [-0.4, -0.2) is 27.1 Å². The summed E-state index contributed by atoms with van der Waals surface area (Å²) >= 11 is 5.94. The number of nitrogens with one attached hydrogen (secondary N) is 1. The molecule has 0 unspecified atom stereocenters. The molecule has 0 saturated heterocycles. The fourth-order valence-electron chi connectivity index (χ4n) is 2.58. The number of nitrogens with zero attached hydrogens (tertiary/aromatic N) is 1. The lowest BCUT2D eigenvalue weighted by molar-refractivity contribution is -0.137. The van der Waals surface area contributed by atoms with Crippen molar-refractivity contribution in [3.05, 3.63) is 58.1 Å². The first kappa shape index (κ1) is 22.0. The maximum atomic E-state index is 13.0. The molecule has 0 fully saturated rings. The fraction of sp³-hybridized carbons (Fsp3) is 0.278. The summed E-state index contributed by atoms with van der Waals surface area (Å²) in [4.78, 5) is 12.5. The summed E-state index contributed by atoms with van der Waals surface area (Å²) < 4.78 is 63.9. The molecule has 1 amide bonds. The van der Waals surface area contributed by atoms with Gasteiger partial charge in [0.15, 0.2) is 0 Å². The van der Waals surface area contributed by atoms with Crippen LogP contribution in [0.4, 0.5) is 24.5 Å². The summed E-state index contributed by atoms with van der Waals surface area (Å²) in [5, 5.41) is 2.38. The highest BCUT2D eigenvalue weighted by molar-refractivity contribution is 7.92. The zero-order valence-corrected chi connectivity index (χ0v) is 16.8. The molecule has 0 aliphatic rings. The third-order valence-electron chi connectivity index (χ3n) is 3.98. The number of halogens is 4. The van der Waals surface area contributed by atoms with Crippen molar-refractivity contribution in [3.8, 4) is 0 Å². The maximum Gasteiger partial charge on any atom is 0.416 e. The molecule has 0 bridgehead atoms. The molecule has 152 valence electrons. The normalized spacial score (nSPS) is 12.0. The summed E-state index contributed by atoms with van der Waals surface area (Å²) in [6.07, 6.45) is -3.90. The zero-order valence-electron chi connectivity index (χ0n) is 15.3. The van der Waals surface area contributed by atoms with Crippen LogP contribution in [0.5, 0.6) is 0 Å². The summed E-state index contributed by atoms with van der Waals surface area (Å²) in [6, 6.07) is 7.62. The number of hydrogen-bond donors (Lipinski definition) is 1. The predicted molar refractivity (Wildman–Crippen MR) is 103 cm³/mol. The number of benzene rings is 2. The van der Waals surface area contributed by atoms with Gasteiger partial charge in [0.25, 0.3) is 0 Å². The number of anilines is 2. The van der Waals surface area contributed by atoms with Gasteiger partial charge in [-0.2, -0.15) is 13.2 Å². The Labute approximate surface area is 166 Å². The molecule has 2 aromatic carbocycles. The Morgan fingerprint density at radius 3 is 2.21 bits per heavy atom. The number of amides is 1. The summed E-state index contributed by atoms with van der Waals surface area (Å²) in [7, 11) is -4.09. The van der Waals surface area contributed by atoms with Gasteiger partial charge in [0.2, 0.25) is 15.9 Å². The highest BCUT2D eigenvalue weighted by atomic mass is 35.5. The van der Waals surface area contributed by atoms with E-state index in [1.165, 1.54) is 0 Å². The van der Waals surface area contributed by atoms with Gasteiger partial charge in [0.05, 0.1) is 22.5 Å². The number of hydrogen-bond acceptors (Lipinski definition) is 3. The van der Waals surface area contributed by atoms with Crippen LogP contribution in [0.15, 0.2) is 36.4 Å². The first-order chi connectivity index (χ1) is 12.8. The monoisotopic (exact) mass is 434 g/mol. The molecule has 0 aromatic heterocycles. The van der Waals surface area contributed by atoms with Crippen LogP contribution in [0.1, 0.15) is 16.7 Å². The Kier molecular flexibility index (Phi) is 6.30. The topological polar surface area (TPSA) is 66.5 Å². The number of aryl methyl sites for hydroxylation is 2. The van der Waals surface area contributed by atoms with E-state index in [-0.39, 0.29) is 5.02 Å². The Morgan fingerprint density at radius 1 is 1.14 bits per heavy atom. The molecule has 0 heterocycles. The second-order valence-electron chi connectivity index (χ2n) is 6.25. The standard InChI is InChI=1S/C18H18ClF3N2O3S/c1-11-5-4-6-12(2)17(11)23-16(25)10-24(28(3,26)27)15-9-13(18(20,21)22)7-8-14(15)19/h4-9H,10H2,1-3H3,(H,23,25). The van der Waals surface area contributed by atoms with E-state index in [4.69, 9.17) is 11.6 Å². The fourth-order valence-corrected chi connectivity index (χ4v) is 3.71. The van der Waals surface area contributed by atoms with Crippen LogP contribution < -0.4 is 9.62 Å². The average molecular weight is 435 g/mol. The number of para-hydroxylation sites is 1. The minimum Gasteiger partial charge on any atom is -0.324 e. The number of rotatable bonds is 5. The minimum atomic E-state index is -4.69. The van der Waals surface area contributed by atoms with Gasteiger partial charge in [-0.15, -0.1) is 0 Å². The van der Waals surface area contributed by atoms with E-state index >= 15 is 0 Å². The average Bonchev–Trinajstić information content (AvgIpc) is 2.55. The van der Waals surface area contributed by atoms with Crippen LogP contribution in [0.2, 0.25) is 5.02 Å². The van der Waals surface area contributed by atoms with Crippen LogP contribution in [0, 0.1) is 13.8 Å². The van der Waals surface area contributed by atoms with Gasteiger partial charge in [-0.1, -0.05) is 29.8 Å². The molecule has 0 aliphatic carbocycles. The Hall–Kier alpha value is -2.26. The van der Waals surface area contributed by atoms with E-state index in [2.05, 4.69) is 5.32 Å². The first-order valence-electron chi connectivity index (χ1n) is 8.01. The number of carbonyl (C=O) groups is 1. The van der Waals surface area contributed by atoms with E-state index in [0.717, 1.165) is 29.5 Å². The van der Waals surface area contributed by atoms with Crippen LogP contribution in [-0.2, 0) is 21.0 Å². The third-order valence-corrected chi connectivity index (χ3v) is 5.42. The molecule has 2 rings (SSSR count). The van der Waals surface area contributed by atoms with Gasteiger partial charge >= 0.3 is 6.18 Å². The largest absolute Gasteiger partial charge is 0.416 e. The van der Waals surface area contributed by atoms with E-state index in [1.54, 1.807) is 32.0 Å². The van der Waals surface area contributed by atoms with Crippen molar-refractivity contribution in [3.63, 3.8) is 0 Å². The molecule has 10 heteroatoms. The third kappa shape index (κ3) is 5.17. The summed E-state index contributed by atoms with van der Waals surface area (Å²) in [5.74, 6) is -0.712. The molecule has 0 atom stereocenters. The van der Waals surface area contributed by atoms with Crippen LogP contribution >= 0.6 is 11.6 Å². The lowest BCUT2D eigenvalue weighted by Crippen LogP contribution is -2.38. The highest BCUT2D eigenvalue weighted by Gasteiger charge is 2.33. The van der Waals surface area contributed by atoms with Crippen LogP contribution in [0.3, 0.4) is 0 Å². The van der Waals surface area contributed by atoms with E-state index < -0.39 is 39.9 Å². The Morgan fingerprint density at radius 2 is 1.71 bits per heavy atom. The van der Waals surface area contributed by atoms with Gasteiger partial charge in [-0.3, -0.25) is 9.10 Å². The molecule has 0 saturated carbocycles. The van der Waals surface area contributed by atoms with Gasteiger partial charge in [-0.05, 0) is 43.2 Å². The van der Waals surface area contributed by atoms with E-state index in [9.17, 15) is 26.4 Å². The molecule has 1 N–H and O–H groups in total. The quantitative estimate of drug-likeness (QED) is 0.759. The minimum absolute atomic E-state index is 0.224. The first-order valence-corrected chi connectivity index (χ1v) is 10.2. The lowest BCUT2D eigenvalue weighted by atomic mass is 10.1. The number of sulfonamides is 1. The highest BCUT2D eigenvalue weighted by Crippen LogP contribution is 2.36. The Bertz CT molecular complexity index is 987. The second-order valence-corrected chi connectivity index (χ2v) is 8.56. The van der Waals surface area contributed by atoms with Crippen molar-refractivity contribution in [2.75, 3.05) is 22.4 Å². The molecular formula is C18H18ClF3N2O3S. The van der Waals surface area contributed by atoms with Gasteiger partial charge < -0.3 is 5.32 Å². The van der Waals surface area contributed by atoms with Crippen molar-refractivity contribution in [1.29, 1.82) is 0 Å². The van der Waals surface area contributed by atoms with Crippen LogP contribution in [0.25, 0.3) is 0 Å². The molecule has 0 radical (unpaired) electrons. The molecular weight excluding hydrogens is 417 g/mol. The summed E-state index contributed by atoms with van der Waals surface area (Å²) in [5.41, 5.74) is 0.537. The van der Waals surface area contributed by atoms with Gasteiger partial charge in [0.1, 0.15) is 6.54 Å². The van der Waals surface area contributed by atoms with Gasteiger partial charge in [-0.25, -0.2) is 8.42 Å².